The lowest BCUT2D eigenvalue weighted by molar-refractivity contribution is -0.148. The molecule has 0 fully saturated rings. The highest BCUT2D eigenvalue weighted by atomic mass is 16.5. The molecule has 1 aromatic carbocycles. The summed E-state index contributed by atoms with van der Waals surface area (Å²) in [5.41, 5.74) is 3.95. The molecule has 2 aromatic heterocycles. The highest BCUT2D eigenvalue weighted by molar-refractivity contribution is 5.97. The molecule has 4 rings (SSSR count). The average molecular weight is 380 g/mol. The predicted molar refractivity (Wildman–Crippen MR) is 102 cm³/mol. The molecule has 0 amide bonds. The van der Waals surface area contributed by atoms with Crippen LogP contribution in [0.25, 0.3) is 16.7 Å². The van der Waals surface area contributed by atoms with Crippen LogP contribution < -0.4 is 4.74 Å². The van der Waals surface area contributed by atoms with Crippen LogP contribution in [-0.4, -0.2) is 30.9 Å². The fourth-order valence-electron chi connectivity index (χ4n) is 3.34. The van der Waals surface area contributed by atoms with Gasteiger partial charge in [0.05, 0.1) is 24.7 Å². The Labute approximate surface area is 162 Å². The molecule has 1 atom stereocenters. The van der Waals surface area contributed by atoms with Gasteiger partial charge >= 0.3 is 5.97 Å². The zero-order chi connectivity index (χ0) is 19.5. The molecule has 0 saturated carbocycles. The molecule has 0 saturated heterocycles. The number of carboxylic acid groups (broad SMARTS) is 1. The lowest BCUT2D eigenvalue weighted by Crippen LogP contribution is -2.24. The van der Waals surface area contributed by atoms with Crippen LogP contribution in [0.2, 0.25) is 0 Å². The lowest BCUT2D eigenvalue weighted by atomic mass is 10.1. The highest BCUT2D eigenvalue weighted by Crippen LogP contribution is 2.45. The van der Waals surface area contributed by atoms with Crippen molar-refractivity contribution in [2.75, 3.05) is 13.7 Å². The first-order chi connectivity index (χ1) is 13.7. The molecule has 0 spiro atoms. The Morgan fingerprint density at radius 1 is 1.07 bits per heavy atom. The average Bonchev–Trinajstić information content (AvgIpc) is 3.39. The Morgan fingerprint density at radius 3 is 2.29 bits per heavy atom. The fourth-order valence-corrected chi connectivity index (χ4v) is 3.34. The summed E-state index contributed by atoms with van der Waals surface area (Å²) in [6.45, 7) is 0.505. The second kappa shape index (κ2) is 7.78. The first-order valence-electron chi connectivity index (χ1n) is 9.01. The van der Waals surface area contributed by atoms with Gasteiger partial charge in [0, 0.05) is 31.1 Å². The van der Waals surface area contributed by atoms with Gasteiger partial charge in [-0.1, -0.05) is 18.2 Å². The molecular weight excluding hydrogens is 360 g/mol. The van der Waals surface area contributed by atoms with Gasteiger partial charge in [0.2, 0.25) is 0 Å². The molecule has 144 valence electrons. The number of hydrogen-bond acceptors (Lipinski definition) is 5. The maximum atomic E-state index is 11.0. The molecule has 1 aliphatic carbocycles. The number of carbonyl (C=O) groups is 1. The van der Waals surface area contributed by atoms with E-state index in [-0.39, 0.29) is 0 Å². The van der Waals surface area contributed by atoms with E-state index < -0.39 is 12.1 Å². The van der Waals surface area contributed by atoms with Crippen LogP contribution in [0.15, 0.2) is 63.8 Å². The summed E-state index contributed by atoms with van der Waals surface area (Å²) >= 11 is 0. The van der Waals surface area contributed by atoms with Crippen molar-refractivity contribution in [3.05, 3.63) is 72.1 Å². The largest absolute Gasteiger partial charge is 0.493 e. The third-order valence-electron chi connectivity index (χ3n) is 4.75. The smallest absolute Gasteiger partial charge is 0.333 e. The molecule has 6 heteroatoms. The molecule has 2 heterocycles. The third-order valence-corrected chi connectivity index (χ3v) is 4.75. The number of aliphatic carboxylic acids is 1. The molecule has 3 aromatic rings. The van der Waals surface area contributed by atoms with E-state index in [4.69, 9.17) is 23.4 Å². The van der Waals surface area contributed by atoms with Crippen LogP contribution in [0.1, 0.15) is 23.5 Å². The molecule has 28 heavy (non-hydrogen) atoms. The van der Waals surface area contributed by atoms with E-state index >= 15 is 0 Å². The first kappa shape index (κ1) is 18.1. The summed E-state index contributed by atoms with van der Waals surface area (Å²) < 4.78 is 21.9. The Morgan fingerprint density at radius 2 is 1.71 bits per heavy atom. The number of fused-ring (bicyclic) bond motifs is 3. The van der Waals surface area contributed by atoms with Gasteiger partial charge in [-0.25, -0.2) is 4.79 Å². The molecular formula is C22H20O6. The van der Waals surface area contributed by atoms with Crippen LogP contribution >= 0.6 is 0 Å². The minimum absolute atomic E-state index is 0.315. The Bertz CT molecular complexity index is 950. The summed E-state index contributed by atoms with van der Waals surface area (Å²) in [6, 6.07) is 11.3. The zero-order valence-corrected chi connectivity index (χ0v) is 15.4. The number of methoxy groups -OCH3 is 1. The van der Waals surface area contributed by atoms with Gasteiger partial charge in [0.15, 0.2) is 6.10 Å². The second-order valence-corrected chi connectivity index (χ2v) is 6.49. The van der Waals surface area contributed by atoms with E-state index in [9.17, 15) is 4.79 Å². The first-order valence-corrected chi connectivity index (χ1v) is 9.01. The standard InChI is InChI=1S/C22H20O6/c1-25-19(22(23)24)13-14-4-6-15(7-5-14)26-10-2-3-18-20-16(8-11-27-20)17-9-12-28-21(17)18/h3-9,11-12,19H,2,10,13H2,1H3,(H,23,24). The summed E-state index contributed by atoms with van der Waals surface area (Å²) in [6.07, 6.45) is 5.60. The zero-order valence-electron chi connectivity index (χ0n) is 15.4. The van der Waals surface area contributed by atoms with Crippen LogP contribution in [0.4, 0.5) is 0 Å². The molecule has 0 bridgehead atoms. The van der Waals surface area contributed by atoms with Crippen LogP contribution in [0.5, 0.6) is 5.75 Å². The SMILES string of the molecule is COC(Cc1ccc(OCCC=C2c3occc3-c3ccoc32)cc1)C(=O)O. The Hall–Kier alpha value is -3.25. The van der Waals surface area contributed by atoms with E-state index in [1.54, 1.807) is 12.5 Å². The predicted octanol–water partition coefficient (Wildman–Crippen LogP) is 4.40. The number of furan rings is 2. The van der Waals surface area contributed by atoms with Crippen LogP contribution in [-0.2, 0) is 16.0 Å². The normalized spacial score (nSPS) is 13.1. The van der Waals surface area contributed by atoms with Gasteiger partial charge in [-0.05, 0) is 29.8 Å². The Kier molecular flexibility index (Phi) is 5.04. The van der Waals surface area contributed by atoms with E-state index in [1.807, 2.05) is 36.4 Å². The number of hydrogen-bond donors (Lipinski definition) is 1. The lowest BCUT2D eigenvalue weighted by Gasteiger charge is -2.11. The third kappa shape index (κ3) is 3.46. The van der Waals surface area contributed by atoms with Gasteiger partial charge in [-0.2, -0.15) is 0 Å². The molecule has 1 N–H and O–H groups in total. The van der Waals surface area contributed by atoms with Gasteiger partial charge in [0.25, 0.3) is 0 Å². The molecule has 1 aliphatic rings. The van der Waals surface area contributed by atoms with Crippen molar-refractivity contribution in [2.45, 2.75) is 18.9 Å². The van der Waals surface area contributed by atoms with Gasteiger partial charge < -0.3 is 23.4 Å². The van der Waals surface area contributed by atoms with Crippen molar-refractivity contribution in [2.24, 2.45) is 0 Å². The van der Waals surface area contributed by atoms with E-state index in [2.05, 4.69) is 6.08 Å². The van der Waals surface area contributed by atoms with E-state index in [1.165, 1.54) is 7.11 Å². The maximum absolute atomic E-state index is 11.0. The molecule has 6 nitrogen and oxygen atoms in total. The maximum Gasteiger partial charge on any atom is 0.333 e. The van der Waals surface area contributed by atoms with Crippen molar-refractivity contribution >= 4 is 11.5 Å². The van der Waals surface area contributed by atoms with Crippen molar-refractivity contribution in [3.63, 3.8) is 0 Å². The fraction of sp³-hybridized carbons (Fsp3) is 0.227. The minimum atomic E-state index is -0.970. The summed E-state index contributed by atoms with van der Waals surface area (Å²) in [5, 5.41) is 9.05. The van der Waals surface area contributed by atoms with E-state index in [0.717, 1.165) is 39.5 Å². The molecule has 1 unspecified atom stereocenters. The number of carboxylic acids is 1. The molecule has 0 aliphatic heterocycles. The topological polar surface area (TPSA) is 82.0 Å². The number of benzene rings is 1. The summed E-state index contributed by atoms with van der Waals surface area (Å²) in [7, 11) is 1.40. The van der Waals surface area contributed by atoms with Crippen molar-refractivity contribution in [1.29, 1.82) is 0 Å². The van der Waals surface area contributed by atoms with Crippen molar-refractivity contribution in [1.82, 2.24) is 0 Å². The quantitative estimate of drug-likeness (QED) is 0.456. The Balaban J connectivity index is 1.34. The highest BCUT2D eigenvalue weighted by Gasteiger charge is 2.29. The van der Waals surface area contributed by atoms with Crippen molar-refractivity contribution in [3.8, 4) is 16.9 Å². The minimum Gasteiger partial charge on any atom is -0.493 e. The number of ether oxygens (including phenoxy) is 2. The van der Waals surface area contributed by atoms with Crippen LogP contribution in [0, 0.1) is 0 Å². The number of rotatable bonds is 8. The van der Waals surface area contributed by atoms with Gasteiger partial charge in [0.1, 0.15) is 17.3 Å². The summed E-state index contributed by atoms with van der Waals surface area (Å²) in [4.78, 5) is 11.0. The van der Waals surface area contributed by atoms with E-state index in [0.29, 0.717) is 19.4 Å². The second-order valence-electron chi connectivity index (χ2n) is 6.49. The molecule has 0 radical (unpaired) electrons. The summed E-state index contributed by atoms with van der Waals surface area (Å²) in [5.74, 6) is 1.44. The monoisotopic (exact) mass is 380 g/mol. The van der Waals surface area contributed by atoms with Crippen LogP contribution in [0.3, 0.4) is 0 Å². The van der Waals surface area contributed by atoms with Gasteiger partial charge in [-0.3, -0.25) is 0 Å². The van der Waals surface area contributed by atoms with Gasteiger partial charge in [-0.15, -0.1) is 0 Å². The van der Waals surface area contributed by atoms with Crippen molar-refractivity contribution < 1.29 is 28.2 Å².